The van der Waals surface area contributed by atoms with Crippen LogP contribution in [0.4, 0.5) is 0 Å². The summed E-state index contributed by atoms with van der Waals surface area (Å²) in [6.45, 7) is 7.95. The Labute approximate surface area is 162 Å². The van der Waals surface area contributed by atoms with E-state index in [0.29, 0.717) is 23.4 Å². The molecule has 1 aliphatic heterocycles. The van der Waals surface area contributed by atoms with Crippen LogP contribution in [0.15, 0.2) is 29.3 Å². The van der Waals surface area contributed by atoms with Gasteiger partial charge in [-0.05, 0) is 51.7 Å². The van der Waals surface area contributed by atoms with E-state index in [1.807, 2.05) is 31.2 Å². The zero-order valence-electron chi connectivity index (χ0n) is 15.9. The number of aliphatic imine (C=N–C) groups is 1. The molecule has 0 amide bonds. The molecule has 2 aliphatic rings. The first kappa shape index (κ1) is 19.3. The minimum Gasteiger partial charge on any atom is -0.487 e. The molecule has 3 rings (SSSR count). The van der Waals surface area contributed by atoms with Crippen molar-refractivity contribution >= 4 is 17.6 Å². The first-order valence-electron chi connectivity index (χ1n) is 9.85. The van der Waals surface area contributed by atoms with Gasteiger partial charge in [-0.15, -0.1) is 0 Å². The molecular formula is C20H31ClN4O. The number of para-hydroxylation sites is 1. The molecule has 1 saturated carbocycles. The van der Waals surface area contributed by atoms with Crippen LogP contribution in [0.5, 0.6) is 5.75 Å². The molecule has 0 spiro atoms. The number of hydrogen-bond acceptors (Lipinski definition) is 3. The fourth-order valence-electron chi connectivity index (χ4n) is 3.38. The van der Waals surface area contributed by atoms with E-state index < -0.39 is 0 Å². The Balaban J connectivity index is 1.47. The standard InChI is InChI=1S/C20H31ClN4O/c1-3-22-20(24-16-10-12-25(13-11-16)17-8-9-17)23-14-15(2)26-19-7-5-4-6-18(19)21/h4-7,15-17H,3,8-14H2,1-2H3,(H2,22,23,24). The molecular weight excluding hydrogens is 348 g/mol. The smallest absolute Gasteiger partial charge is 0.191 e. The third kappa shape index (κ3) is 5.78. The van der Waals surface area contributed by atoms with Crippen LogP contribution in [0.3, 0.4) is 0 Å². The highest BCUT2D eigenvalue weighted by Gasteiger charge is 2.31. The molecule has 2 N–H and O–H groups in total. The molecule has 6 heteroatoms. The largest absolute Gasteiger partial charge is 0.487 e. The maximum atomic E-state index is 6.16. The monoisotopic (exact) mass is 378 g/mol. The highest BCUT2D eigenvalue weighted by Crippen LogP contribution is 2.29. The van der Waals surface area contributed by atoms with E-state index in [2.05, 4.69) is 22.5 Å². The number of guanidine groups is 1. The summed E-state index contributed by atoms with van der Waals surface area (Å²) >= 11 is 6.16. The van der Waals surface area contributed by atoms with E-state index in [-0.39, 0.29) is 6.10 Å². The lowest BCUT2D eigenvalue weighted by Crippen LogP contribution is -2.49. The number of rotatable bonds is 7. The van der Waals surface area contributed by atoms with Crippen LogP contribution in [0.2, 0.25) is 5.02 Å². The fourth-order valence-corrected chi connectivity index (χ4v) is 3.56. The van der Waals surface area contributed by atoms with Gasteiger partial charge in [0.15, 0.2) is 5.96 Å². The number of piperidine rings is 1. The molecule has 1 aromatic rings. The van der Waals surface area contributed by atoms with Crippen LogP contribution in [-0.2, 0) is 0 Å². The average Bonchev–Trinajstić information content (AvgIpc) is 3.48. The van der Waals surface area contributed by atoms with Crippen LogP contribution in [0.1, 0.15) is 39.5 Å². The van der Waals surface area contributed by atoms with Crippen molar-refractivity contribution in [2.75, 3.05) is 26.2 Å². The molecule has 1 saturated heterocycles. The quantitative estimate of drug-likeness (QED) is 0.564. The summed E-state index contributed by atoms with van der Waals surface area (Å²) < 4.78 is 5.91. The third-order valence-electron chi connectivity index (χ3n) is 4.95. The van der Waals surface area contributed by atoms with Crippen molar-refractivity contribution in [2.45, 2.75) is 57.7 Å². The van der Waals surface area contributed by atoms with Crippen molar-refractivity contribution in [1.29, 1.82) is 0 Å². The molecule has 0 bridgehead atoms. The van der Waals surface area contributed by atoms with Gasteiger partial charge in [-0.2, -0.15) is 0 Å². The highest BCUT2D eigenvalue weighted by atomic mass is 35.5. The first-order valence-corrected chi connectivity index (χ1v) is 10.2. The second kappa shape index (κ2) is 9.47. The van der Waals surface area contributed by atoms with E-state index in [4.69, 9.17) is 21.3 Å². The van der Waals surface area contributed by atoms with Crippen molar-refractivity contribution in [3.8, 4) is 5.75 Å². The van der Waals surface area contributed by atoms with Crippen molar-refractivity contribution in [1.82, 2.24) is 15.5 Å². The van der Waals surface area contributed by atoms with Gasteiger partial charge in [-0.3, -0.25) is 0 Å². The van der Waals surface area contributed by atoms with E-state index in [1.54, 1.807) is 0 Å². The summed E-state index contributed by atoms with van der Waals surface area (Å²) in [7, 11) is 0. The molecule has 0 radical (unpaired) electrons. The predicted molar refractivity (Wildman–Crippen MR) is 108 cm³/mol. The van der Waals surface area contributed by atoms with Gasteiger partial charge in [-0.1, -0.05) is 23.7 Å². The SMILES string of the molecule is CCNC(=NCC(C)Oc1ccccc1Cl)NC1CCN(C2CC2)CC1. The van der Waals surface area contributed by atoms with Crippen molar-refractivity contribution < 1.29 is 4.74 Å². The molecule has 144 valence electrons. The van der Waals surface area contributed by atoms with Crippen LogP contribution >= 0.6 is 11.6 Å². The highest BCUT2D eigenvalue weighted by molar-refractivity contribution is 6.32. The number of halogens is 1. The Bertz CT molecular complexity index is 597. The molecule has 1 atom stereocenters. The maximum Gasteiger partial charge on any atom is 0.191 e. The molecule has 1 heterocycles. The summed E-state index contributed by atoms with van der Waals surface area (Å²) in [4.78, 5) is 7.35. The van der Waals surface area contributed by atoms with Gasteiger partial charge in [0.2, 0.25) is 0 Å². The minimum absolute atomic E-state index is 0.0397. The normalized spacial score (nSPS) is 20.7. The Kier molecular flexibility index (Phi) is 7.03. The fraction of sp³-hybridized carbons (Fsp3) is 0.650. The van der Waals surface area contributed by atoms with Crippen molar-refractivity contribution in [3.63, 3.8) is 0 Å². The van der Waals surface area contributed by atoms with Gasteiger partial charge >= 0.3 is 0 Å². The second-order valence-electron chi connectivity index (χ2n) is 7.26. The Morgan fingerprint density at radius 1 is 1.27 bits per heavy atom. The molecule has 2 fully saturated rings. The number of nitrogens with zero attached hydrogens (tertiary/aromatic N) is 2. The lowest BCUT2D eigenvalue weighted by Gasteiger charge is -2.33. The van der Waals surface area contributed by atoms with Gasteiger partial charge in [0.25, 0.3) is 0 Å². The van der Waals surface area contributed by atoms with E-state index in [9.17, 15) is 0 Å². The van der Waals surface area contributed by atoms with Crippen LogP contribution in [0, 0.1) is 0 Å². The van der Waals surface area contributed by atoms with Gasteiger partial charge < -0.3 is 20.3 Å². The van der Waals surface area contributed by atoms with Crippen LogP contribution < -0.4 is 15.4 Å². The molecule has 0 aromatic heterocycles. The molecule has 5 nitrogen and oxygen atoms in total. The van der Waals surface area contributed by atoms with Crippen LogP contribution in [0.25, 0.3) is 0 Å². The lowest BCUT2D eigenvalue weighted by molar-refractivity contribution is 0.197. The molecule has 1 aromatic carbocycles. The number of hydrogen-bond donors (Lipinski definition) is 2. The van der Waals surface area contributed by atoms with Gasteiger partial charge in [0, 0.05) is 31.7 Å². The summed E-state index contributed by atoms with van der Waals surface area (Å²) in [5.41, 5.74) is 0. The average molecular weight is 379 g/mol. The van der Waals surface area contributed by atoms with Gasteiger partial charge in [0.1, 0.15) is 11.9 Å². The summed E-state index contributed by atoms with van der Waals surface area (Å²) in [5, 5.41) is 7.58. The Hall–Kier alpha value is -1.46. The molecule has 1 unspecified atom stereocenters. The Morgan fingerprint density at radius 2 is 2.00 bits per heavy atom. The number of benzene rings is 1. The first-order chi connectivity index (χ1) is 12.7. The zero-order valence-corrected chi connectivity index (χ0v) is 16.6. The van der Waals surface area contributed by atoms with Crippen molar-refractivity contribution in [3.05, 3.63) is 29.3 Å². The predicted octanol–water partition coefficient (Wildman–Crippen LogP) is 3.29. The summed E-state index contributed by atoms with van der Waals surface area (Å²) in [6.07, 6.45) is 5.12. The molecule has 1 aliphatic carbocycles. The van der Waals surface area contributed by atoms with E-state index >= 15 is 0 Å². The van der Waals surface area contributed by atoms with E-state index in [1.165, 1.54) is 38.8 Å². The number of ether oxygens (including phenoxy) is 1. The summed E-state index contributed by atoms with van der Waals surface area (Å²) in [6, 6.07) is 8.94. The molecule has 26 heavy (non-hydrogen) atoms. The zero-order chi connectivity index (χ0) is 18.4. The maximum absolute atomic E-state index is 6.16. The number of likely N-dealkylation sites (tertiary alicyclic amines) is 1. The minimum atomic E-state index is -0.0397. The lowest BCUT2D eigenvalue weighted by atomic mass is 10.1. The third-order valence-corrected chi connectivity index (χ3v) is 5.26. The van der Waals surface area contributed by atoms with E-state index in [0.717, 1.165) is 18.5 Å². The van der Waals surface area contributed by atoms with Crippen LogP contribution in [-0.4, -0.2) is 55.2 Å². The second-order valence-corrected chi connectivity index (χ2v) is 7.67. The summed E-state index contributed by atoms with van der Waals surface area (Å²) in [5.74, 6) is 1.59. The van der Waals surface area contributed by atoms with Gasteiger partial charge in [0.05, 0.1) is 11.6 Å². The number of nitrogens with one attached hydrogen (secondary N) is 2. The van der Waals surface area contributed by atoms with Crippen molar-refractivity contribution in [2.24, 2.45) is 4.99 Å². The Morgan fingerprint density at radius 3 is 2.65 bits per heavy atom. The topological polar surface area (TPSA) is 48.9 Å². The van der Waals surface area contributed by atoms with Gasteiger partial charge in [-0.25, -0.2) is 4.99 Å².